The predicted octanol–water partition coefficient (Wildman–Crippen LogP) is 10.7. The van der Waals surface area contributed by atoms with Crippen molar-refractivity contribution in [1.82, 2.24) is 4.98 Å². The van der Waals surface area contributed by atoms with E-state index in [2.05, 4.69) is 145 Å². The van der Waals surface area contributed by atoms with Crippen molar-refractivity contribution in [2.24, 2.45) is 0 Å². The molecule has 0 aliphatic carbocycles. The van der Waals surface area contributed by atoms with Crippen LogP contribution in [0.1, 0.15) is 0 Å². The van der Waals surface area contributed by atoms with Crippen LogP contribution in [0.25, 0.3) is 76.6 Å². The maximum atomic E-state index is 4.44. The maximum Gasteiger partial charge on any atom is 0.0702 e. The molecular formula is C39H25N. The monoisotopic (exact) mass is 507 g/mol. The standard InChI is InChI=1S/C39H25N/c1-2-9-35-33(7-1)34-8-3-4-10-36(34)38-25-31(19-21-37(35)38)29-17-13-27(14-18-29)26-11-15-28(16-12-26)30-20-22-39-32(24-30)6-5-23-40-39/h1-25H. The third-order valence-corrected chi connectivity index (χ3v) is 8.12. The quantitative estimate of drug-likeness (QED) is 0.217. The smallest absolute Gasteiger partial charge is 0.0702 e. The van der Waals surface area contributed by atoms with Gasteiger partial charge in [-0.15, -0.1) is 0 Å². The average molecular weight is 508 g/mol. The zero-order valence-corrected chi connectivity index (χ0v) is 21.9. The van der Waals surface area contributed by atoms with Crippen LogP contribution >= 0.6 is 0 Å². The molecule has 1 heteroatoms. The molecule has 7 aromatic carbocycles. The molecule has 1 nitrogen and oxygen atoms in total. The Balaban J connectivity index is 1.14. The van der Waals surface area contributed by atoms with E-state index in [1.54, 1.807) is 0 Å². The van der Waals surface area contributed by atoms with Gasteiger partial charge < -0.3 is 0 Å². The van der Waals surface area contributed by atoms with Crippen LogP contribution in [0.15, 0.2) is 152 Å². The Morgan fingerprint density at radius 3 is 1.30 bits per heavy atom. The lowest BCUT2D eigenvalue weighted by molar-refractivity contribution is 1.41. The number of rotatable bonds is 3. The summed E-state index contributed by atoms with van der Waals surface area (Å²) in [6.07, 6.45) is 1.84. The fraction of sp³-hybridized carbons (Fsp3) is 0. The Morgan fingerprint density at radius 1 is 0.300 bits per heavy atom. The molecule has 1 aromatic heterocycles. The molecule has 0 fully saturated rings. The average Bonchev–Trinajstić information content (AvgIpc) is 3.04. The molecule has 8 rings (SSSR count). The number of aromatic nitrogens is 1. The van der Waals surface area contributed by atoms with Crippen LogP contribution in [-0.2, 0) is 0 Å². The molecule has 40 heavy (non-hydrogen) atoms. The third-order valence-electron chi connectivity index (χ3n) is 8.12. The molecule has 0 aliphatic rings. The normalized spacial score (nSPS) is 11.5. The van der Waals surface area contributed by atoms with Crippen molar-refractivity contribution in [3.8, 4) is 33.4 Å². The fourth-order valence-electron chi connectivity index (χ4n) is 6.05. The Hall–Kier alpha value is -5.27. The molecule has 0 aliphatic heterocycles. The highest BCUT2D eigenvalue weighted by Gasteiger charge is 2.10. The second kappa shape index (κ2) is 9.18. The van der Waals surface area contributed by atoms with E-state index in [1.807, 2.05) is 12.3 Å². The van der Waals surface area contributed by atoms with Gasteiger partial charge in [0.2, 0.25) is 0 Å². The number of fused-ring (bicyclic) bond motifs is 7. The summed E-state index contributed by atoms with van der Waals surface area (Å²) in [6, 6.07) is 52.7. The van der Waals surface area contributed by atoms with Crippen molar-refractivity contribution in [2.75, 3.05) is 0 Å². The second-order valence-corrected chi connectivity index (χ2v) is 10.4. The molecule has 1 heterocycles. The van der Waals surface area contributed by atoms with Crippen molar-refractivity contribution in [3.63, 3.8) is 0 Å². The molecule has 0 saturated carbocycles. The van der Waals surface area contributed by atoms with E-state index in [1.165, 1.54) is 65.7 Å². The van der Waals surface area contributed by atoms with Crippen molar-refractivity contribution in [1.29, 1.82) is 0 Å². The van der Waals surface area contributed by atoms with Crippen LogP contribution in [0.5, 0.6) is 0 Å². The van der Waals surface area contributed by atoms with E-state index in [4.69, 9.17) is 0 Å². The lowest BCUT2D eigenvalue weighted by Crippen LogP contribution is -1.85. The van der Waals surface area contributed by atoms with Gasteiger partial charge in [0.15, 0.2) is 0 Å². The van der Waals surface area contributed by atoms with E-state index >= 15 is 0 Å². The van der Waals surface area contributed by atoms with Crippen LogP contribution in [0.4, 0.5) is 0 Å². The highest BCUT2D eigenvalue weighted by molar-refractivity contribution is 6.25. The highest BCUT2D eigenvalue weighted by atomic mass is 14.6. The third kappa shape index (κ3) is 3.75. The molecule has 0 bridgehead atoms. The molecule has 0 atom stereocenters. The summed E-state index contributed by atoms with van der Waals surface area (Å²) in [5.74, 6) is 0. The number of hydrogen-bond donors (Lipinski definition) is 0. The zero-order valence-electron chi connectivity index (χ0n) is 21.9. The van der Waals surface area contributed by atoms with Crippen LogP contribution < -0.4 is 0 Å². The van der Waals surface area contributed by atoms with Gasteiger partial charge in [0.25, 0.3) is 0 Å². The van der Waals surface area contributed by atoms with E-state index < -0.39 is 0 Å². The van der Waals surface area contributed by atoms with Crippen LogP contribution in [0, 0.1) is 0 Å². The topological polar surface area (TPSA) is 12.9 Å². The van der Waals surface area contributed by atoms with Crippen molar-refractivity contribution in [2.45, 2.75) is 0 Å². The summed E-state index contributed by atoms with van der Waals surface area (Å²) in [6.45, 7) is 0. The first-order valence-corrected chi connectivity index (χ1v) is 13.7. The van der Waals surface area contributed by atoms with Gasteiger partial charge in [-0.2, -0.15) is 0 Å². The van der Waals surface area contributed by atoms with Gasteiger partial charge in [0, 0.05) is 11.6 Å². The summed E-state index contributed by atoms with van der Waals surface area (Å²) in [7, 11) is 0. The summed E-state index contributed by atoms with van der Waals surface area (Å²) in [4.78, 5) is 4.44. The fourth-order valence-corrected chi connectivity index (χ4v) is 6.05. The largest absolute Gasteiger partial charge is 0.256 e. The number of benzene rings is 7. The lowest BCUT2D eigenvalue weighted by atomic mass is 9.91. The van der Waals surface area contributed by atoms with Gasteiger partial charge in [-0.1, -0.05) is 121 Å². The van der Waals surface area contributed by atoms with Crippen molar-refractivity contribution in [3.05, 3.63) is 152 Å². The molecule has 0 N–H and O–H groups in total. The van der Waals surface area contributed by atoms with E-state index in [0.29, 0.717) is 0 Å². The number of pyridine rings is 1. The number of nitrogens with zero attached hydrogens (tertiary/aromatic N) is 1. The van der Waals surface area contributed by atoms with Crippen LogP contribution in [-0.4, -0.2) is 4.98 Å². The van der Waals surface area contributed by atoms with Gasteiger partial charge in [0.05, 0.1) is 5.52 Å². The first kappa shape index (κ1) is 22.7. The summed E-state index contributed by atoms with van der Waals surface area (Å²) < 4.78 is 0. The van der Waals surface area contributed by atoms with E-state index in [0.717, 1.165) is 10.9 Å². The Kier molecular flexibility index (Phi) is 5.21. The Morgan fingerprint density at radius 2 is 0.725 bits per heavy atom. The second-order valence-electron chi connectivity index (χ2n) is 10.4. The van der Waals surface area contributed by atoms with Gasteiger partial charge in [-0.25, -0.2) is 0 Å². The minimum atomic E-state index is 1.02. The maximum absolute atomic E-state index is 4.44. The molecule has 0 radical (unpaired) electrons. The SMILES string of the molecule is c1cnc2ccc(-c3ccc(-c4ccc(-c5ccc6c7ccccc7c7ccccc7c6c5)cc4)cc3)cc2c1. The van der Waals surface area contributed by atoms with Gasteiger partial charge in [-0.3, -0.25) is 4.98 Å². The lowest BCUT2D eigenvalue weighted by Gasteiger charge is -2.12. The van der Waals surface area contributed by atoms with Crippen LogP contribution in [0.2, 0.25) is 0 Å². The summed E-state index contributed by atoms with van der Waals surface area (Å²) in [5, 5.41) is 9.00. The first-order chi connectivity index (χ1) is 19.8. The van der Waals surface area contributed by atoms with Gasteiger partial charge in [0.1, 0.15) is 0 Å². The molecular weight excluding hydrogens is 482 g/mol. The number of hydrogen-bond acceptors (Lipinski definition) is 1. The highest BCUT2D eigenvalue weighted by Crippen LogP contribution is 2.37. The molecule has 0 amide bonds. The molecule has 8 aromatic rings. The van der Waals surface area contributed by atoms with Gasteiger partial charge in [-0.05, 0) is 90.0 Å². The molecule has 0 spiro atoms. The zero-order chi connectivity index (χ0) is 26.5. The minimum absolute atomic E-state index is 1.02. The minimum Gasteiger partial charge on any atom is -0.256 e. The first-order valence-electron chi connectivity index (χ1n) is 13.7. The Labute approximate surface area is 233 Å². The summed E-state index contributed by atoms with van der Waals surface area (Å²) >= 11 is 0. The molecule has 186 valence electrons. The predicted molar refractivity (Wildman–Crippen MR) is 171 cm³/mol. The van der Waals surface area contributed by atoms with Crippen LogP contribution in [0.3, 0.4) is 0 Å². The summed E-state index contributed by atoms with van der Waals surface area (Å²) in [5.41, 5.74) is 8.34. The van der Waals surface area contributed by atoms with E-state index in [9.17, 15) is 0 Å². The molecule has 0 unspecified atom stereocenters. The van der Waals surface area contributed by atoms with Gasteiger partial charge >= 0.3 is 0 Å². The Bertz CT molecular complexity index is 2150. The molecule has 0 saturated heterocycles. The van der Waals surface area contributed by atoms with Crippen molar-refractivity contribution < 1.29 is 0 Å². The van der Waals surface area contributed by atoms with Crippen molar-refractivity contribution >= 4 is 43.2 Å². The van der Waals surface area contributed by atoms with E-state index in [-0.39, 0.29) is 0 Å².